The lowest BCUT2D eigenvalue weighted by atomic mass is 10.1. The molecule has 0 spiro atoms. The molecule has 4 heteroatoms. The number of carbonyl (C=O) groups excluding carboxylic acids is 1. The normalized spacial score (nSPS) is 13.7. The third-order valence-electron chi connectivity index (χ3n) is 1.69. The van der Waals surface area contributed by atoms with Crippen LogP contribution in [0.25, 0.3) is 0 Å². The van der Waals surface area contributed by atoms with Crippen LogP contribution in [-0.2, 0) is 4.74 Å². The van der Waals surface area contributed by atoms with Gasteiger partial charge in [-0.3, -0.25) is 0 Å². The van der Waals surface area contributed by atoms with Crippen molar-refractivity contribution in [1.29, 1.82) is 0 Å². The summed E-state index contributed by atoms with van der Waals surface area (Å²) in [5, 5.41) is 5.68. The number of hydrogen-bond donors (Lipinski definition) is 2. The number of nitrogens with one attached hydrogen (secondary N) is 2. The lowest BCUT2D eigenvalue weighted by Gasteiger charge is -2.23. The third kappa shape index (κ3) is 9.77. The summed E-state index contributed by atoms with van der Waals surface area (Å²) in [4.78, 5) is 11.5. The molecule has 1 atom stereocenters. The molecule has 0 aliphatic carbocycles. The van der Waals surface area contributed by atoms with E-state index in [-0.39, 0.29) is 17.6 Å². The van der Waals surface area contributed by atoms with Crippen LogP contribution in [0.15, 0.2) is 0 Å². The Balaban J connectivity index is 3.70. The second-order valence-corrected chi connectivity index (χ2v) is 5.68. The molecule has 4 nitrogen and oxygen atoms in total. The highest BCUT2D eigenvalue weighted by molar-refractivity contribution is 5.74. The van der Waals surface area contributed by atoms with Crippen LogP contribution < -0.4 is 10.6 Å². The van der Waals surface area contributed by atoms with Gasteiger partial charge in [0.25, 0.3) is 0 Å². The fourth-order valence-electron chi connectivity index (χ4n) is 1.12. The van der Waals surface area contributed by atoms with E-state index >= 15 is 0 Å². The van der Waals surface area contributed by atoms with Crippen LogP contribution in [0, 0.1) is 5.92 Å². The van der Waals surface area contributed by atoms with Gasteiger partial charge in [-0.15, -0.1) is 0 Å². The molecule has 0 radical (unpaired) electrons. The molecular weight excluding hydrogens is 204 g/mol. The number of carbonyl (C=O) groups is 1. The molecule has 0 bridgehead atoms. The number of hydrogen-bond acceptors (Lipinski definition) is 2. The van der Waals surface area contributed by atoms with Gasteiger partial charge in [-0.1, -0.05) is 13.8 Å². The van der Waals surface area contributed by atoms with Crippen molar-refractivity contribution in [3.63, 3.8) is 0 Å². The van der Waals surface area contributed by atoms with E-state index in [0.717, 1.165) is 6.61 Å². The van der Waals surface area contributed by atoms with E-state index in [2.05, 4.69) is 24.5 Å². The molecule has 0 fully saturated rings. The van der Waals surface area contributed by atoms with E-state index in [4.69, 9.17) is 4.74 Å². The summed E-state index contributed by atoms with van der Waals surface area (Å²) in [6.45, 7) is 13.3. The van der Waals surface area contributed by atoms with Crippen LogP contribution in [0.5, 0.6) is 0 Å². The minimum Gasteiger partial charge on any atom is -0.379 e. The van der Waals surface area contributed by atoms with Gasteiger partial charge in [0.15, 0.2) is 0 Å². The van der Waals surface area contributed by atoms with Gasteiger partial charge in [-0.2, -0.15) is 0 Å². The summed E-state index contributed by atoms with van der Waals surface area (Å²) in [7, 11) is 0. The van der Waals surface area contributed by atoms with E-state index in [1.54, 1.807) is 0 Å². The van der Waals surface area contributed by atoms with Gasteiger partial charge in [-0.05, 0) is 33.6 Å². The van der Waals surface area contributed by atoms with Crippen molar-refractivity contribution in [2.75, 3.05) is 13.2 Å². The maximum Gasteiger partial charge on any atom is 0.315 e. The van der Waals surface area contributed by atoms with Crippen molar-refractivity contribution in [3.8, 4) is 0 Å². The van der Waals surface area contributed by atoms with Gasteiger partial charge < -0.3 is 15.4 Å². The zero-order valence-corrected chi connectivity index (χ0v) is 11.4. The Morgan fingerprint density at radius 2 is 1.75 bits per heavy atom. The minimum atomic E-state index is -0.206. The van der Waals surface area contributed by atoms with E-state index in [0.29, 0.717) is 12.5 Å². The second kappa shape index (κ2) is 6.74. The maximum atomic E-state index is 11.5. The molecule has 0 aliphatic rings. The summed E-state index contributed by atoms with van der Waals surface area (Å²) in [5.41, 5.74) is -0.206. The van der Waals surface area contributed by atoms with Gasteiger partial charge in [0.05, 0.1) is 12.6 Å². The van der Waals surface area contributed by atoms with Gasteiger partial charge in [0.1, 0.15) is 0 Å². The highest BCUT2D eigenvalue weighted by Gasteiger charge is 2.15. The molecule has 0 saturated heterocycles. The van der Waals surface area contributed by atoms with Crippen molar-refractivity contribution >= 4 is 6.03 Å². The molecule has 0 heterocycles. The van der Waals surface area contributed by atoms with Crippen LogP contribution in [0.4, 0.5) is 4.79 Å². The molecule has 2 amide bonds. The molecule has 96 valence electrons. The minimum absolute atomic E-state index is 0.0288. The van der Waals surface area contributed by atoms with Gasteiger partial charge in [-0.25, -0.2) is 4.79 Å². The Bertz CT molecular complexity index is 210. The molecule has 0 saturated carbocycles. The topological polar surface area (TPSA) is 50.4 Å². The lowest BCUT2D eigenvalue weighted by molar-refractivity contribution is 0.0951. The summed E-state index contributed by atoms with van der Waals surface area (Å²) in [6.07, 6.45) is 0. The van der Waals surface area contributed by atoms with E-state index in [1.165, 1.54) is 0 Å². The average molecular weight is 230 g/mol. The number of amides is 2. The van der Waals surface area contributed by atoms with Crippen LogP contribution in [0.1, 0.15) is 41.5 Å². The van der Waals surface area contributed by atoms with Crippen LogP contribution in [-0.4, -0.2) is 30.8 Å². The molecule has 0 rings (SSSR count). The predicted molar refractivity (Wildman–Crippen MR) is 66.5 cm³/mol. The molecule has 1 unspecified atom stereocenters. The predicted octanol–water partition coefficient (Wildman–Crippen LogP) is 2.15. The average Bonchev–Trinajstić information content (AvgIpc) is 1.98. The fraction of sp³-hybridized carbons (Fsp3) is 0.917. The van der Waals surface area contributed by atoms with Gasteiger partial charge >= 0.3 is 6.03 Å². The largest absolute Gasteiger partial charge is 0.379 e. The van der Waals surface area contributed by atoms with Crippen molar-refractivity contribution in [2.45, 2.75) is 53.1 Å². The van der Waals surface area contributed by atoms with Crippen LogP contribution >= 0.6 is 0 Å². The van der Waals surface area contributed by atoms with Crippen LogP contribution in [0.3, 0.4) is 0 Å². The summed E-state index contributed by atoms with van der Waals surface area (Å²) in [6, 6.07) is -0.116. The maximum absolute atomic E-state index is 11.5. The van der Waals surface area contributed by atoms with Crippen LogP contribution in [0.2, 0.25) is 0 Å². The third-order valence-corrected chi connectivity index (χ3v) is 1.69. The number of ether oxygens (including phenoxy) is 1. The molecule has 0 aromatic heterocycles. The molecule has 0 aliphatic heterocycles. The van der Waals surface area contributed by atoms with Crippen molar-refractivity contribution in [3.05, 3.63) is 0 Å². The zero-order valence-electron chi connectivity index (χ0n) is 11.4. The Labute approximate surface area is 99.1 Å². The van der Waals surface area contributed by atoms with E-state index < -0.39 is 0 Å². The summed E-state index contributed by atoms with van der Waals surface area (Å²) in [5.74, 6) is 0.524. The first-order valence-corrected chi connectivity index (χ1v) is 5.87. The molecule has 0 aromatic rings. The van der Waals surface area contributed by atoms with Crippen molar-refractivity contribution < 1.29 is 9.53 Å². The zero-order chi connectivity index (χ0) is 12.8. The Kier molecular flexibility index (Phi) is 6.41. The van der Waals surface area contributed by atoms with Gasteiger partial charge in [0, 0.05) is 12.1 Å². The number of urea groups is 1. The first kappa shape index (κ1) is 15.2. The standard InChI is InChI=1S/C12H26N2O2/c1-9(2)7-16-8-10(3)13-11(15)14-12(4,5)6/h9-10H,7-8H2,1-6H3,(H2,13,14,15). The quantitative estimate of drug-likeness (QED) is 0.760. The van der Waals surface area contributed by atoms with Crippen molar-refractivity contribution in [1.82, 2.24) is 10.6 Å². The first-order chi connectivity index (χ1) is 7.20. The SMILES string of the molecule is CC(C)COCC(C)NC(=O)NC(C)(C)C. The van der Waals surface area contributed by atoms with Crippen molar-refractivity contribution in [2.24, 2.45) is 5.92 Å². The Morgan fingerprint density at radius 3 is 2.19 bits per heavy atom. The smallest absolute Gasteiger partial charge is 0.315 e. The summed E-state index contributed by atoms with van der Waals surface area (Å²) < 4.78 is 5.45. The van der Waals surface area contributed by atoms with E-state index in [9.17, 15) is 4.79 Å². The highest BCUT2D eigenvalue weighted by atomic mass is 16.5. The number of rotatable bonds is 5. The monoisotopic (exact) mass is 230 g/mol. The molecular formula is C12H26N2O2. The Hall–Kier alpha value is -0.770. The molecule has 0 aromatic carbocycles. The second-order valence-electron chi connectivity index (χ2n) is 5.68. The molecule has 16 heavy (non-hydrogen) atoms. The highest BCUT2D eigenvalue weighted by Crippen LogP contribution is 1.98. The van der Waals surface area contributed by atoms with Gasteiger partial charge in [0.2, 0.25) is 0 Å². The Morgan fingerprint density at radius 1 is 1.19 bits per heavy atom. The first-order valence-electron chi connectivity index (χ1n) is 5.87. The van der Waals surface area contributed by atoms with E-state index in [1.807, 2.05) is 27.7 Å². The lowest BCUT2D eigenvalue weighted by Crippen LogP contribution is -2.49. The molecule has 2 N–H and O–H groups in total. The summed E-state index contributed by atoms with van der Waals surface area (Å²) >= 11 is 0. The fourth-order valence-corrected chi connectivity index (χ4v) is 1.12.